The smallest absolute Gasteiger partial charge is 0.150 e. The fraction of sp³-hybridized carbons (Fsp3) is 0.938. The van der Waals surface area contributed by atoms with Gasteiger partial charge in [-0.25, -0.2) is 0 Å². The Morgan fingerprint density at radius 3 is 2.45 bits per heavy atom. The molecule has 5 aliphatic heterocycles. The molecule has 112 valence electrons. The number of ketones is 1. The molecular formula is C16H26N2O2. The molecule has 0 aromatic heterocycles. The van der Waals surface area contributed by atoms with E-state index in [0.29, 0.717) is 12.4 Å². The largest absolute Gasteiger partial charge is 0.374 e. The van der Waals surface area contributed by atoms with Gasteiger partial charge in [0.25, 0.3) is 0 Å². The number of ether oxygens (including phenoxy) is 1. The Morgan fingerprint density at radius 1 is 1.05 bits per heavy atom. The number of Topliss-reactive ketones (excluding diaryl/α,β-unsaturated/α-hetero) is 1. The van der Waals surface area contributed by atoms with Gasteiger partial charge in [0, 0.05) is 19.6 Å². The van der Waals surface area contributed by atoms with Crippen molar-refractivity contribution in [2.75, 3.05) is 32.9 Å². The maximum atomic E-state index is 13.1. The van der Waals surface area contributed by atoms with Crippen LogP contribution in [0.1, 0.15) is 40.5 Å². The lowest BCUT2D eigenvalue weighted by Gasteiger charge is -2.71. The molecule has 5 unspecified atom stereocenters. The molecule has 5 aliphatic rings. The Balaban J connectivity index is 1.77. The number of hydrogen-bond donors (Lipinski definition) is 0. The highest BCUT2D eigenvalue weighted by Crippen LogP contribution is 2.58. The van der Waals surface area contributed by atoms with Crippen LogP contribution < -0.4 is 0 Å². The highest BCUT2D eigenvalue weighted by atomic mass is 16.5. The first kappa shape index (κ1) is 13.2. The molecule has 5 rings (SSSR count). The molecule has 0 aromatic carbocycles. The van der Waals surface area contributed by atoms with Crippen molar-refractivity contribution in [2.24, 2.45) is 10.8 Å². The molecule has 0 N–H and O–H groups in total. The first-order chi connectivity index (χ1) is 9.21. The third-order valence-corrected chi connectivity index (χ3v) is 6.55. The molecule has 20 heavy (non-hydrogen) atoms. The van der Waals surface area contributed by atoms with Gasteiger partial charge in [0.1, 0.15) is 5.78 Å². The second-order valence-electron chi connectivity index (χ2n) is 8.63. The third-order valence-electron chi connectivity index (χ3n) is 6.55. The highest BCUT2D eigenvalue weighted by molar-refractivity contribution is 5.94. The summed E-state index contributed by atoms with van der Waals surface area (Å²) in [7, 11) is 0. The summed E-state index contributed by atoms with van der Waals surface area (Å²) < 4.78 is 6.18. The van der Waals surface area contributed by atoms with Crippen LogP contribution in [0.5, 0.6) is 0 Å². The van der Waals surface area contributed by atoms with Gasteiger partial charge < -0.3 is 4.74 Å². The van der Waals surface area contributed by atoms with Crippen molar-refractivity contribution >= 4 is 5.78 Å². The monoisotopic (exact) mass is 278 g/mol. The summed E-state index contributed by atoms with van der Waals surface area (Å²) in [6, 6.07) is 0. The quantitative estimate of drug-likeness (QED) is 0.672. The predicted octanol–water partition coefficient (Wildman–Crippen LogP) is 1.50. The lowest BCUT2D eigenvalue weighted by Crippen LogP contribution is -2.85. The third kappa shape index (κ3) is 1.36. The fourth-order valence-electron chi connectivity index (χ4n) is 5.39. The van der Waals surface area contributed by atoms with Crippen LogP contribution in [0.4, 0.5) is 0 Å². The Morgan fingerprint density at radius 2 is 1.80 bits per heavy atom. The van der Waals surface area contributed by atoms with Gasteiger partial charge >= 0.3 is 0 Å². The van der Waals surface area contributed by atoms with Gasteiger partial charge in [0.05, 0.1) is 35.2 Å². The van der Waals surface area contributed by atoms with Gasteiger partial charge in [-0.1, -0.05) is 6.92 Å². The van der Waals surface area contributed by atoms with Gasteiger partial charge in [0.15, 0.2) is 0 Å². The zero-order valence-corrected chi connectivity index (χ0v) is 13.2. The van der Waals surface area contributed by atoms with E-state index in [1.165, 1.54) is 0 Å². The van der Waals surface area contributed by atoms with Crippen molar-refractivity contribution in [3.63, 3.8) is 0 Å². The van der Waals surface area contributed by atoms with Crippen molar-refractivity contribution in [3.05, 3.63) is 0 Å². The second-order valence-corrected chi connectivity index (χ2v) is 8.63. The van der Waals surface area contributed by atoms with Crippen molar-refractivity contribution in [1.29, 1.82) is 0 Å². The van der Waals surface area contributed by atoms with Gasteiger partial charge in [-0.05, 0) is 33.6 Å². The van der Waals surface area contributed by atoms with Crippen LogP contribution in [0.2, 0.25) is 0 Å². The summed E-state index contributed by atoms with van der Waals surface area (Å²) in [6.07, 6.45) is 2.13. The van der Waals surface area contributed by atoms with E-state index in [4.69, 9.17) is 4.74 Å². The molecule has 0 aromatic rings. The zero-order valence-electron chi connectivity index (χ0n) is 13.2. The van der Waals surface area contributed by atoms with E-state index >= 15 is 0 Å². The van der Waals surface area contributed by atoms with Gasteiger partial charge in [-0.2, -0.15) is 0 Å². The van der Waals surface area contributed by atoms with Crippen LogP contribution in [0.25, 0.3) is 0 Å². The maximum Gasteiger partial charge on any atom is 0.150 e. The Kier molecular flexibility index (Phi) is 2.30. The summed E-state index contributed by atoms with van der Waals surface area (Å²) in [4.78, 5) is 18.2. The van der Waals surface area contributed by atoms with Crippen molar-refractivity contribution in [2.45, 2.75) is 51.7 Å². The lowest BCUT2D eigenvalue weighted by molar-refractivity contribution is -0.256. The summed E-state index contributed by atoms with van der Waals surface area (Å²) in [5.74, 6) is 0.487. The first-order valence-corrected chi connectivity index (χ1v) is 7.87. The lowest BCUT2D eigenvalue weighted by atomic mass is 9.51. The summed E-state index contributed by atoms with van der Waals surface area (Å²) in [6.45, 7) is 13.2. The van der Waals surface area contributed by atoms with Gasteiger partial charge in [0.2, 0.25) is 0 Å². The maximum absolute atomic E-state index is 13.1. The first-order valence-electron chi connectivity index (χ1n) is 7.87. The molecule has 0 radical (unpaired) electrons. The van der Waals surface area contributed by atoms with E-state index in [2.05, 4.69) is 37.5 Å². The van der Waals surface area contributed by atoms with Crippen LogP contribution in [0.3, 0.4) is 0 Å². The number of hydrogen-bond acceptors (Lipinski definition) is 4. The minimum atomic E-state index is -0.257. The van der Waals surface area contributed by atoms with Crippen LogP contribution in [0.15, 0.2) is 0 Å². The molecular weight excluding hydrogens is 252 g/mol. The summed E-state index contributed by atoms with van der Waals surface area (Å²) >= 11 is 0. The summed E-state index contributed by atoms with van der Waals surface area (Å²) in [5.41, 5.74) is -0.517. The van der Waals surface area contributed by atoms with Crippen LogP contribution in [0, 0.1) is 10.8 Å². The molecule has 0 saturated carbocycles. The molecule has 4 bridgehead atoms. The van der Waals surface area contributed by atoms with E-state index < -0.39 is 0 Å². The average Bonchev–Trinajstić information content (AvgIpc) is 2.34. The number of carbonyl (C=O) groups excluding carboxylic acids is 1. The van der Waals surface area contributed by atoms with Crippen LogP contribution in [-0.2, 0) is 9.53 Å². The number of rotatable bonds is 0. The average molecular weight is 278 g/mol. The normalized spacial score (nSPS) is 56.5. The van der Waals surface area contributed by atoms with Gasteiger partial charge in [-0.3, -0.25) is 14.6 Å². The second kappa shape index (κ2) is 3.47. The van der Waals surface area contributed by atoms with E-state index in [9.17, 15) is 4.79 Å². The minimum Gasteiger partial charge on any atom is -0.374 e. The molecule has 4 nitrogen and oxygen atoms in total. The van der Waals surface area contributed by atoms with Crippen LogP contribution >= 0.6 is 0 Å². The Hall–Kier alpha value is -0.450. The van der Waals surface area contributed by atoms with E-state index in [1.54, 1.807) is 0 Å². The number of piperidine rings is 2. The molecule has 5 saturated heterocycles. The van der Waals surface area contributed by atoms with Crippen molar-refractivity contribution in [1.82, 2.24) is 9.80 Å². The predicted molar refractivity (Wildman–Crippen MR) is 76.4 cm³/mol. The Labute approximate surface area is 121 Å². The minimum absolute atomic E-state index is 0.0371. The molecule has 5 heterocycles. The molecule has 1 spiro atoms. The molecule has 0 aliphatic carbocycles. The zero-order chi connectivity index (χ0) is 14.4. The fourth-order valence-corrected chi connectivity index (χ4v) is 5.39. The number of carbonyl (C=O) groups is 1. The van der Waals surface area contributed by atoms with Crippen molar-refractivity contribution < 1.29 is 9.53 Å². The molecule has 0 amide bonds. The van der Waals surface area contributed by atoms with Crippen molar-refractivity contribution in [3.8, 4) is 0 Å². The SMILES string of the molecule is CC1(C)CCC2(CO1)N1CN3CC(C)(C1)C(=O)C2(C)C3. The highest BCUT2D eigenvalue weighted by Gasteiger charge is 2.71. The van der Waals surface area contributed by atoms with Gasteiger partial charge in [-0.15, -0.1) is 0 Å². The Bertz CT molecular complexity index is 479. The van der Waals surface area contributed by atoms with E-state index in [1.807, 2.05) is 0 Å². The molecule has 4 heteroatoms. The van der Waals surface area contributed by atoms with E-state index in [-0.39, 0.29) is 22.0 Å². The standard InChI is InChI=1S/C16H26N2O2/c1-13(2)5-6-16(10-20-13)15(4)9-17-7-14(3,12(15)19)8-18(16)11-17/h5-11H2,1-4H3. The summed E-state index contributed by atoms with van der Waals surface area (Å²) in [5, 5.41) is 0. The van der Waals surface area contributed by atoms with E-state index in [0.717, 1.165) is 39.1 Å². The number of nitrogens with zero attached hydrogens (tertiary/aromatic N) is 2. The molecule has 5 atom stereocenters. The molecule has 5 fully saturated rings. The topological polar surface area (TPSA) is 32.8 Å². The van der Waals surface area contributed by atoms with Crippen LogP contribution in [-0.4, -0.2) is 59.6 Å².